The second-order valence-corrected chi connectivity index (χ2v) is 13.0. The first kappa shape index (κ1) is 20.7. The minimum atomic E-state index is -5.93. The fraction of sp³-hybridized carbons (Fsp3) is 0.615. The summed E-state index contributed by atoms with van der Waals surface area (Å²) in [5.74, 6) is -1.01. The van der Waals surface area contributed by atoms with Crippen molar-refractivity contribution in [3.8, 4) is 5.75 Å². The van der Waals surface area contributed by atoms with Crippen molar-refractivity contribution in [1.29, 1.82) is 0 Å². The van der Waals surface area contributed by atoms with Crippen molar-refractivity contribution in [3.05, 3.63) is 28.3 Å². The van der Waals surface area contributed by atoms with Crippen molar-refractivity contribution in [3.63, 3.8) is 0 Å². The number of halogens is 3. The van der Waals surface area contributed by atoms with Crippen LogP contribution in [-0.4, -0.2) is 22.2 Å². The Hall–Kier alpha value is -1.33. The highest BCUT2D eigenvalue weighted by molar-refractivity contribution is 7.87. The fourth-order valence-electron chi connectivity index (χ4n) is 1.21. The molecule has 0 aliphatic heterocycles. The molecule has 138 valence electrons. The lowest BCUT2D eigenvalue weighted by molar-refractivity contribution is -0.0500. The Labute approximate surface area is 138 Å². The van der Waals surface area contributed by atoms with E-state index < -0.39 is 35.1 Å². The minimum absolute atomic E-state index is 0.0570. The molecule has 11 heteroatoms. The van der Waals surface area contributed by atoms with Gasteiger partial charge in [-0.3, -0.25) is 4.79 Å². The number of alkyl halides is 3. The van der Waals surface area contributed by atoms with E-state index >= 15 is 0 Å². The first-order chi connectivity index (χ1) is 10.6. The van der Waals surface area contributed by atoms with Gasteiger partial charge in [0, 0.05) is 6.07 Å². The fourth-order valence-corrected chi connectivity index (χ4v) is 2.60. The highest BCUT2D eigenvalue weighted by Gasteiger charge is 2.49. The van der Waals surface area contributed by atoms with Gasteiger partial charge in [0.25, 0.3) is 0 Å². The molecule has 1 aromatic heterocycles. The van der Waals surface area contributed by atoms with Crippen LogP contribution in [0.4, 0.5) is 13.2 Å². The molecule has 0 atom stereocenters. The summed E-state index contributed by atoms with van der Waals surface area (Å²) >= 11 is 0. The Kier molecular flexibility index (Phi) is 5.63. The van der Waals surface area contributed by atoms with Crippen LogP contribution in [0.2, 0.25) is 18.1 Å². The minimum Gasteiger partial charge on any atom is -0.463 e. The molecule has 24 heavy (non-hydrogen) atoms. The summed E-state index contributed by atoms with van der Waals surface area (Å²) in [7, 11) is -8.05. The van der Waals surface area contributed by atoms with Crippen LogP contribution < -0.4 is 9.61 Å². The Morgan fingerprint density at radius 3 is 2.17 bits per heavy atom. The van der Waals surface area contributed by atoms with E-state index in [1.165, 1.54) is 0 Å². The second kappa shape index (κ2) is 6.52. The predicted molar refractivity (Wildman–Crippen MR) is 82.6 cm³/mol. The van der Waals surface area contributed by atoms with Crippen LogP contribution in [0.25, 0.3) is 0 Å². The molecular formula is C13H19F3O6SSi. The van der Waals surface area contributed by atoms with E-state index in [0.29, 0.717) is 6.26 Å². The van der Waals surface area contributed by atoms with E-state index in [2.05, 4.69) is 4.18 Å². The van der Waals surface area contributed by atoms with Gasteiger partial charge in [-0.1, -0.05) is 20.8 Å². The molecule has 0 aliphatic rings. The Morgan fingerprint density at radius 1 is 1.21 bits per heavy atom. The summed E-state index contributed by atoms with van der Waals surface area (Å²) in [5, 5.41) is -0.0862. The van der Waals surface area contributed by atoms with Gasteiger partial charge in [-0.25, -0.2) is 0 Å². The molecule has 0 radical (unpaired) electrons. The first-order valence-electron chi connectivity index (χ1n) is 6.83. The van der Waals surface area contributed by atoms with E-state index in [-0.39, 0.29) is 17.4 Å². The van der Waals surface area contributed by atoms with Crippen molar-refractivity contribution in [2.24, 2.45) is 0 Å². The topological polar surface area (TPSA) is 82.8 Å². The van der Waals surface area contributed by atoms with E-state index in [1.54, 1.807) is 0 Å². The standard InChI is InChI=1S/C13H19F3O6SSi/c1-12(2,3)24(4,5)21-7-9-6-10(17)11(8-20-9)22-23(18,19)13(14,15)16/h6,8H,7H2,1-5H3. The van der Waals surface area contributed by atoms with Gasteiger partial charge >= 0.3 is 15.6 Å². The van der Waals surface area contributed by atoms with Crippen molar-refractivity contribution in [2.45, 2.75) is 51.0 Å². The maximum absolute atomic E-state index is 12.2. The van der Waals surface area contributed by atoms with Gasteiger partial charge in [0.05, 0.1) is 6.61 Å². The Bertz CT molecular complexity index is 746. The molecule has 1 aromatic rings. The van der Waals surface area contributed by atoms with Crippen molar-refractivity contribution >= 4 is 18.4 Å². The summed E-state index contributed by atoms with van der Waals surface area (Å²) in [6, 6.07) is 0.842. The third kappa shape index (κ3) is 4.83. The van der Waals surface area contributed by atoms with Crippen molar-refractivity contribution in [1.82, 2.24) is 0 Å². The van der Waals surface area contributed by atoms with Gasteiger partial charge in [0.2, 0.25) is 11.2 Å². The number of rotatable bonds is 5. The van der Waals surface area contributed by atoms with E-state index in [1.807, 2.05) is 33.9 Å². The molecule has 6 nitrogen and oxygen atoms in total. The molecule has 0 N–H and O–H groups in total. The lowest BCUT2D eigenvalue weighted by Crippen LogP contribution is -2.40. The molecule has 0 aliphatic carbocycles. The maximum Gasteiger partial charge on any atom is 0.534 e. The zero-order valence-corrected chi connectivity index (χ0v) is 15.7. The van der Waals surface area contributed by atoms with E-state index in [4.69, 9.17) is 8.84 Å². The molecule has 0 aromatic carbocycles. The average Bonchev–Trinajstić information content (AvgIpc) is 2.36. The quantitative estimate of drug-likeness (QED) is 0.437. The predicted octanol–water partition coefficient (Wildman–Crippen LogP) is 3.39. The highest BCUT2D eigenvalue weighted by Crippen LogP contribution is 2.37. The highest BCUT2D eigenvalue weighted by atomic mass is 32.2. The summed E-state index contributed by atoms with van der Waals surface area (Å²) in [6.07, 6.45) is 0.524. The molecule has 1 heterocycles. The van der Waals surface area contributed by atoms with Crippen LogP contribution in [0.5, 0.6) is 5.75 Å². The summed E-state index contributed by atoms with van der Waals surface area (Å²) in [4.78, 5) is 11.7. The monoisotopic (exact) mass is 388 g/mol. The summed E-state index contributed by atoms with van der Waals surface area (Å²) in [5.41, 5.74) is -6.69. The maximum atomic E-state index is 12.2. The van der Waals surface area contributed by atoms with Gasteiger partial charge in [-0.05, 0) is 18.1 Å². The Morgan fingerprint density at radius 2 is 1.75 bits per heavy atom. The molecule has 0 fully saturated rings. The van der Waals surface area contributed by atoms with Crippen LogP contribution in [0.1, 0.15) is 26.5 Å². The lowest BCUT2D eigenvalue weighted by Gasteiger charge is -2.35. The van der Waals surface area contributed by atoms with Gasteiger partial charge in [-0.15, -0.1) is 0 Å². The molecule has 0 saturated heterocycles. The van der Waals surface area contributed by atoms with Gasteiger partial charge in [0.15, 0.2) is 8.32 Å². The smallest absolute Gasteiger partial charge is 0.463 e. The molecule has 0 saturated carbocycles. The molecule has 0 unspecified atom stereocenters. The molecule has 1 rings (SSSR count). The van der Waals surface area contributed by atoms with Gasteiger partial charge in [-0.2, -0.15) is 21.6 Å². The molecule has 0 bridgehead atoms. The zero-order valence-electron chi connectivity index (χ0n) is 13.9. The van der Waals surface area contributed by atoms with Crippen LogP contribution in [0, 0.1) is 0 Å². The van der Waals surface area contributed by atoms with Crippen molar-refractivity contribution in [2.75, 3.05) is 0 Å². The lowest BCUT2D eigenvalue weighted by atomic mass is 10.2. The normalized spacial score (nSPS) is 13.8. The molecule has 0 spiro atoms. The number of hydrogen-bond acceptors (Lipinski definition) is 6. The van der Waals surface area contributed by atoms with Gasteiger partial charge in [0.1, 0.15) is 12.0 Å². The zero-order chi connectivity index (χ0) is 19.0. The second-order valence-electron chi connectivity index (χ2n) is 6.61. The summed E-state index contributed by atoms with van der Waals surface area (Å²) in [6.45, 7) is 9.91. The van der Waals surface area contributed by atoms with Crippen molar-refractivity contribution < 1.29 is 34.6 Å². The molecule has 0 amide bonds. The van der Waals surface area contributed by atoms with Crippen LogP contribution in [0.15, 0.2) is 21.5 Å². The third-order valence-electron chi connectivity index (χ3n) is 3.72. The van der Waals surface area contributed by atoms with Crippen LogP contribution >= 0.6 is 0 Å². The third-order valence-corrected chi connectivity index (χ3v) is 9.16. The SMILES string of the molecule is CC(C)(C)[Si](C)(C)OCc1cc(=O)c(OS(=O)(=O)C(F)(F)F)co1. The van der Waals surface area contributed by atoms with Crippen LogP contribution in [-0.2, 0) is 21.2 Å². The molecular weight excluding hydrogens is 369 g/mol. The Balaban J connectivity index is 2.93. The summed E-state index contributed by atoms with van der Waals surface area (Å²) < 4.78 is 73.0. The van der Waals surface area contributed by atoms with Crippen LogP contribution in [0.3, 0.4) is 0 Å². The first-order valence-corrected chi connectivity index (χ1v) is 11.1. The van der Waals surface area contributed by atoms with E-state index in [9.17, 15) is 26.4 Å². The number of hydrogen-bond donors (Lipinski definition) is 0. The average molecular weight is 388 g/mol. The van der Waals surface area contributed by atoms with Gasteiger partial charge < -0.3 is 13.0 Å². The largest absolute Gasteiger partial charge is 0.534 e. The van der Waals surface area contributed by atoms with E-state index in [0.717, 1.165) is 6.07 Å².